The van der Waals surface area contributed by atoms with Crippen LogP contribution in [0.2, 0.25) is 5.02 Å². The number of hydrogen-bond acceptors (Lipinski definition) is 6. The fourth-order valence-corrected chi connectivity index (χ4v) is 3.22. The van der Waals surface area contributed by atoms with Crippen LogP contribution < -0.4 is 10.5 Å². The maximum Gasteiger partial charge on any atom is 0.433 e. The van der Waals surface area contributed by atoms with Crippen molar-refractivity contribution in [1.29, 1.82) is 5.41 Å². The molecule has 2 rings (SSSR count). The van der Waals surface area contributed by atoms with Gasteiger partial charge in [-0.1, -0.05) is 17.7 Å². The van der Waals surface area contributed by atoms with Crippen molar-refractivity contribution >= 4 is 29.1 Å². The van der Waals surface area contributed by atoms with E-state index in [0.717, 1.165) is 0 Å². The van der Waals surface area contributed by atoms with E-state index in [1.54, 1.807) is 32.9 Å². The summed E-state index contributed by atoms with van der Waals surface area (Å²) in [6.07, 6.45) is -6.51. The average Bonchev–Trinajstić information content (AvgIpc) is 2.72. The summed E-state index contributed by atoms with van der Waals surface area (Å²) in [6, 6.07) is 8.53. The average molecular weight is 516 g/mol. The molecule has 1 amide bonds. The van der Waals surface area contributed by atoms with Crippen molar-refractivity contribution in [3.8, 4) is 5.75 Å². The predicted molar refractivity (Wildman–Crippen MR) is 128 cm³/mol. The first kappa shape index (κ1) is 28.3. The van der Waals surface area contributed by atoms with Gasteiger partial charge in [0.1, 0.15) is 23.7 Å². The zero-order valence-electron chi connectivity index (χ0n) is 19.9. The number of benzene rings is 2. The molecule has 0 bridgehead atoms. The van der Waals surface area contributed by atoms with Gasteiger partial charge in [0, 0.05) is 5.56 Å². The number of hydrogen-bond donors (Lipinski definition) is 3. The smallest absolute Gasteiger partial charge is 0.433 e. The van der Waals surface area contributed by atoms with Crippen LogP contribution in [-0.2, 0) is 4.74 Å². The molecule has 2 aromatic carbocycles. The molecule has 0 heterocycles. The molecule has 0 radical (unpaired) electrons. The van der Waals surface area contributed by atoms with E-state index in [9.17, 15) is 23.1 Å². The van der Waals surface area contributed by atoms with Gasteiger partial charge in [-0.3, -0.25) is 5.41 Å². The highest BCUT2D eigenvalue weighted by Crippen LogP contribution is 2.27. The highest BCUT2D eigenvalue weighted by Gasteiger charge is 2.36. The van der Waals surface area contributed by atoms with E-state index >= 15 is 0 Å². The third-order valence-electron chi connectivity index (χ3n) is 4.83. The van der Waals surface area contributed by atoms with E-state index in [0.29, 0.717) is 10.6 Å². The molecule has 4 N–H and O–H groups in total. The van der Waals surface area contributed by atoms with Crippen molar-refractivity contribution in [3.05, 3.63) is 58.1 Å². The summed E-state index contributed by atoms with van der Waals surface area (Å²) in [4.78, 5) is 14.0. The van der Waals surface area contributed by atoms with E-state index < -0.39 is 29.7 Å². The molecule has 0 saturated carbocycles. The summed E-state index contributed by atoms with van der Waals surface area (Å²) in [6.45, 7) is 6.44. The van der Waals surface area contributed by atoms with Crippen LogP contribution in [0.5, 0.6) is 5.75 Å². The minimum absolute atomic E-state index is 0.0220. The summed E-state index contributed by atoms with van der Waals surface area (Å²) in [5.41, 5.74) is 4.31. The molecule has 0 aliphatic carbocycles. The van der Waals surface area contributed by atoms with Gasteiger partial charge < -0.3 is 25.2 Å². The van der Waals surface area contributed by atoms with E-state index in [-0.39, 0.29) is 42.3 Å². The van der Waals surface area contributed by atoms with Gasteiger partial charge in [0.05, 0.1) is 29.9 Å². The number of ether oxygens (including phenoxy) is 2. The van der Waals surface area contributed by atoms with E-state index in [2.05, 4.69) is 0 Å². The third-order valence-corrected chi connectivity index (χ3v) is 5.17. The molecule has 0 aromatic heterocycles. The van der Waals surface area contributed by atoms with Crippen molar-refractivity contribution in [2.75, 3.05) is 25.4 Å². The molecule has 7 nitrogen and oxygen atoms in total. The van der Waals surface area contributed by atoms with Crippen LogP contribution >= 0.6 is 11.6 Å². The number of carbonyl (C=O) groups is 1. The normalized spacial score (nSPS) is 12.7. The summed E-state index contributed by atoms with van der Waals surface area (Å²) < 4.78 is 49.5. The fourth-order valence-electron chi connectivity index (χ4n) is 3.10. The number of halogens is 4. The molecule has 1 atom stereocenters. The summed E-state index contributed by atoms with van der Waals surface area (Å²) >= 11 is 5.93. The lowest BCUT2D eigenvalue weighted by Gasteiger charge is -2.29. The molecule has 2 aromatic rings. The lowest BCUT2D eigenvalue weighted by molar-refractivity contribution is -0.0588. The number of carbonyl (C=O) groups excluding carboxylic acids is 1. The molecule has 0 aliphatic rings. The molecule has 0 aliphatic heterocycles. The Morgan fingerprint density at radius 2 is 1.86 bits per heavy atom. The number of nitrogen functional groups attached to an aromatic ring is 1. The van der Waals surface area contributed by atoms with Crippen LogP contribution in [0.1, 0.15) is 43.6 Å². The number of amides is 1. The van der Waals surface area contributed by atoms with Gasteiger partial charge in [-0.15, -0.1) is 0 Å². The van der Waals surface area contributed by atoms with E-state index in [1.165, 1.54) is 36.1 Å². The van der Waals surface area contributed by atoms with Gasteiger partial charge in [-0.05, 0) is 69.2 Å². The van der Waals surface area contributed by atoms with Crippen LogP contribution in [0.15, 0.2) is 36.4 Å². The summed E-state index contributed by atoms with van der Waals surface area (Å²) in [7, 11) is 0. The number of nitrogens with two attached hydrogens (primary N) is 1. The second-order valence-corrected chi connectivity index (χ2v) is 9.33. The van der Waals surface area contributed by atoms with Crippen molar-refractivity contribution in [1.82, 2.24) is 4.90 Å². The van der Waals surface area contributed by atoms with Crippen molar-refractivity contribution in [3.63, 3.8) is 0 Å². The second-order valence-electron chi connectivity index (χ2n) is 8.92. The Morgan fingerprint density at radius 3 is 2.40 bits per heavy atom. The Hall–Kier alpha value is -2.98. The third kappa shape index (κ3) is 8.32. The quantitative estimate of drug-likeness (QED) is 0.317. The first-order valence-electron chi connectivity index (χ1n) is 10.7. The highest BCUT2D eigenvalue weighted by molar-refractivity contribution is 6.33. The van der Waals surface area contributed by atoms with E-state index in [1.807, 2.05) is 0 Å². The Kier molecular flexibility index (Phi) is 9.02. The van der Waals surface area contributed by atoms with Crippen LogP contribution in [-0.4, -0.2) is 53.3 Å². The Labute approximate surface area is 207 Å². The van der Waals surface area contributed by atoms with Gasteiger partial charge in [0.25, 0.3) is 0 Å². The molecule has 192 valence electrons. The number of rotatable bonds is 8. The molecule has 0 unspecified atom stereocenters. The Balaban J connectivity index is 2.11. The number of aliphatic hydroxyl groups is 1. The maximum atomic E-state index is 12.8. The number of anilines is 1. The van der Waals surface area contributed by atoms with Crippen LogP contribution in [0.25, 0.3) is 0 Å². The zero-order valence-corrected chi connectivity index (χ0v) is 20.6. The SMILES string of the molecule is Cc1cc(OCCN(C[C@H](O)c2ccc(Cl)c(N)c2)C(=O)OC(C)(C)C)ccc1C(=N)C(F)(F)F. The number of aryl methyl sites for hydroxylation is 1. The molecule has 0 spiro atoms. The molecule has 35 heavy (non-hydrogen) atoms. The molecule has 11 heteroatoms. The second kappa shape index (κ2) is 11.2. The number of aliphatic hydroxyl groups excluding tert-OH is 1. The van der Waals surface area contributed by atoms with Gasteiger partial charge >= 0.3 is 12.3 Å². The van der Waals surface area contributed by atoms with Crippen molar-refractivity contribution in [2.24, 2.45) is 0 Å². The van der Waals surface area contributed by atoms with Gasteiger partial charge in [0.2, 0.25) is 0 Å². The minimum atomic E-state index is -4.75. The highest BCUT2D eigenvalue weighted by atomic mass is 35.5. The van der Waals surface area contributed by atoms with Crippen molar-refractivity contribution < 1.29 is 32.5 Å². The Morgan fingerprint density at radius 1 is 1.20 bits per heavy atom. The maximum absolute atomic E-state index is 12.8. The van der Waals surface area contributed by atoms with E-state index in [4.69, 9.17) is 32.2 Å². The summed E-state index contributed by atoms with van der Waals surface area (Å²) in [5.74, 6) is 0.274. The lowest BCUT2D eigenvalue weighted by Crippen LogP contribution is -2.41. The van der Waals surface area contributed by atoms with Crippen LogP contribution in [0.4, 0.5) is 23.7 Å². The topological polar surface area (TPSA) is 109 Å². The van der Waals surface area contributed by atoms with Gasteiger partial charge in [0.15, 0.2) is 0 Å². The predicted octanol–water partition coefficient (Wildman–Crippen LogP) is 5.51. The largest absolute Gasteiger partial charge is 0.492 e. The fraction of sp³-hybridized carbons (Fsp3) is 0.417. The first-order valence-corrected chi connectivity index (χ1v) is 11.1. The first-order chi connectivity index (χ1) is 16.1. The number of nitrogens with zero attached hydrogens (tertiary/aromatic N) is 1. The summed E-state index contributed by atoms with van der Waals surface area (Å²) in [5, 5.41) is 18.3. The zero-order chi connectivity index (χ0) is 26.6. The standard InChI is InChI=1S/C24H29ClF3N3O4/c1-14-11-16(6-7-17(14)21(30)24(26,27)28)34-10-9-31(22(33)35-23(2,3)4)13-20(32)15-5-8-18(25)19(29)12-15/h5-8,11-12,20,30,32H,9-10,13,29H2,1-4H3/t20-/m0/s1. The van der Waals surface area contributed by atoms with Crippen molar-refractivity contribution in [2.45, 2.75) is 45.6 Å². The van der Waals surface area contributed by atoms with Gasteiger partial charge in [-0.2, -0.15) is 13.2 Å². The minimum Gasteiger partial charge on any atom is -0.492 e. The van der Waals surface area contributed by atoms with Crippen LogP contribution in [0.3, 0.4) is 0 Å². The lowest BCUT2D eigenvalue weighted by atomic mass is 10.0. The molecular weight excluding hydrogens is 487 g/mol. The number of nitrogens with one attached hydrogen (secondary N) is 1. The molecule has 0 fully saturated rings. The number of alkyl halides is 3. The molecular formula is C24H29ClF3N3O4. The Bertz CT molecular complexity index is 1070. The monoisotopic (exact) mass is 515 g/mol. The molecule has 0 saturated heterocycles. The van der Waals surface area contributed by atoms with Gasteiger partial charge in [-0.25, -0.2) is 4.79 Å². The van der Waals surface area contributed by atoms with Crippen LogP contribution in [0, 0.1) is 12.3 Å².